The Morgan fingerprint density at radius 1 is 0.393 bits per heavy atom. The van der Waals surface area contributed by atoms with Crippen molar-refractivity contribution >= 4 is 29.8 Å². The summed E-state index contributed by atoms with van der Waals surface area (Å²) in [5.74, 6) is -2.41. The molecule has 0 saturated heterocycles. The fraction of sp³-hybridized carbons (Fsp3) is 0.900. The average Bonchev–Trinajstić information content (AvgIpc) is 3.23. The number of esters is 5. The van der Waals surface area contributed by atoms with Gasteiger partial charge in [0.2, 0.25) is 6.10 Å². The molecular weight excluding hydrogens is 775 g/mol. The quantitative estimate of drug-likeness (QED) is 0.0329. The van der Waals surface area contributed by atoms with Gasteiger partial charge in [0.1, 0.15) is 6.61 Å². The van der Waals surface area contributed by atoms with Crippen LogP contribution in [0.5, 0.6) is 0 Å². The van der Waals surface area contributed by atoms with E-state index in [0.717, 1.165) is 89.9 Å². The minimum absolute atomic E-state index is 0.0500. The molecule has 0 aromatic carbocycles. The van der Waals surface area contributed by atoms with Crippen LogP contribution in [0.15, 0.2) is 0 Å². The molecule has 0 spiro atoms. The van der Waals surface area contributed by atoms with E-state index in [9.17, 15) is 24.0 Å². The highest BCUT2D eigenvalue weighted by atomic mass is 16.6. The van der Waals surface area contributed by atoms with E-state index in [1.807, 2.05) is 19.0 Å². The van der Waals surface area contributed by atoms with E-state index in [4.69, 9.17) is 23.7 Å². The molecule has 0 fully saturated rings. The molecule has 0 rings (SSSR count). The van der Waals surface area contributed by atoms with Crippen LogP contribution in [-0.4, -0.2) is 87.9 Å². The second kappa shape index (κ2) is 42.6. The van der Waals surface area contributed by atoms with E-state index >= 15 is 0 Å². The van der Waals surface area contributed by atoms with E-state index in [-0.39, 0.29) is 50.0 Å². The molecule has 0 aliphatic rings. The molecule has 0 aromatic rings. The molecular formula is C50H93NO10. The van der Waals surface area contributed by atoms with Gasteiger partial charge in [-0.3, -0.25) is 19.2 Å². The van der Waals surface area contributed by atoms with Crippen LogP contribution in [0.4, 0.5) is 0 Å². The van der Waals surface area contributed by atoms with Crippen LogP contribution >= 0.6 is 0 Å². The number of carbonyl (C=O) groups is 5. The van der Waals surface area contributed by atoms with Gasteiger partial charge in [-0.15, -0.1) is 0 Å². The number of carbonyl (C=O) groups excluding carboxylic acids is 5. The molecule has 61 heavy (non-hydrogen) atoms. The maximum Gasteiger partial charge on any atom is 0.348 e. The Morgan fingerprint density at radius 3 is 1.20 bits per heavy atom. The zero-order valence-corrected chi connectivity index (χ0v) is 40.2. The lowest BCUT2D eigenvalue weighted by Gasteiger charge is -2.18. The lowest BCUT2D eigenvalue weighted by atomic mass is 9.94. The zero-order chi connectivity index (χ0) is 45.2. The molecule has 11 heteroatoms. The van der Waals surface area contributed by atoms with Crippen LogP contribution in [0.1, 0.15) is 227 Å². The number of rotatable bonds is 44. The van der Waals surface area contributed by atoms with E-state index < -0.39 is 30.4 Å². The van der Waals surface area contributed by atoms with Crippen molar-refractivity contribution in [2.45, 2.75) is 233 Å². The number of hydrogen-bond donors (Lipinski definition) is 0. The first-order chi connectivity index (χ1) is 29.6. The van der Waals surface area contributed by atoms with E-state index in [1.54, 1.807) is 0 Å². The maximum absolute atomic E-state index is 13.0. The van der Waals surface area contributed by atoms with Gasteiger partial charge in [-0.25, -0.2) is 4.79 Å². The summed E-state index contributed by atoms with van der Waals surface area (Å²) in [6.45, 7) is 10.0. The summed E-state index contributed by atoms with van der Waals surface area (Å²) in [5.41, 5.74) is 0. The van der Waals surface area contributed by atoms with Gasteiger partial charge in [0.15, 0.2) is 0 Å². The molecule has 2 unspecified atom stereocenters. The van der Waals surface area contributed by atoms with Gasteiger partial charge < -0.3 is 28.6 Å². The second-order valence-electron chi connectivity index (χ2n) is 17.4. The minimum atomic E-state index is -1.41. The average molecular weight is 868 g/mol. The van der Waals surface area contributed by atoms with Gasteiger partial charge in [0, 0.05) is 13.0 Å². The van der Waals surface area contributed by atoms with Crippen molar-refractivity contribution < 1.29 is 47.7 Å². The summed E-state index contributed by atoms with van der Waals surface area (Å²) >= 11 is 0. The normalized spacial score (nSPS) is 12.8. The van der Waals surface area contributed by atoms with Crippen molar-refractivity contribution in [2.24, 2.45) is 11.8 Å². The van der Waals surface area contributed by atoms with Crippen molar-refractivity contribution in [3.63, 3.8) is 0 Å². The third-order valence-corrected chi connectivity index (χ3v) is 11.3. The van der Waals surface area contributed by atoms with Gasteiger partial charge in [-0.05, 0) is 71.9 Å². The third-order valence-electron chi connectivity index (χ3n) is 11.3. The third kappa shape index (κ3) is 36.5. The van der Waals surface area contributed by atoms with Crippen molar-refractivity contribution in [3.05, 3.63) is 0 Å². The highest BCUT2D eigenvalue weighted by molar-refractivity contribution is 5.84. The summed E-state index contributed by atoms with van der Waals surface area (Å²) in [5, 5.41) is 0. The smallest absolute Gasteiger partial charge is 0.348 e. The number of likely N-dealkylation sites (N-methyl/N-ethyl adjacent to an activating group) is 1. The van der Waals surface area contributed by atoms with E-state index in [2.05, 4.69) is 27.7 Å². The highest BCUT2D eigenvalue weighted by Crippen LogP contribution is 2.22. The van der Waals surface area contributed by atoms with Crippen LogP contribution in [0, 0.1) is 11.8 Å². The molecule has 0 heterocycles. The summed E-state index contributed by atoms with van der Waals surface area (Å²) in [4.78, 5) is 66.2. The number of ether oxygens (including phenoxy) is 5. The SMILES string of the molecule is CCCCCCCCC(CCCCCC)C(=O)OCCCCCC(=O)O[C@@H](CC(=O)OCCCCOC(=O)C(CCCCCC)CCCCCCCC)C(=O)OCCN(C)C. The summed E-state index contributed by atoms with van der Waals surface area (Å²) in [6, 6.07) is 0. The van der Waals surface area contributed by atoms with Crippen molar-refractivity contribution in [3.8, 4) is 0 Å². The van der Waals surface area contributed by atoms with Gasteiger partial charge in [0.25, 0.3) is 0 Å². The molecule has 0 saturated carbocycles. The minimum Gasteiger partial charge on any atom is -0.466 e. The van der Waals surface area contributed by atoms with Gasteiger partial charge in [-0.2, -0.15) is 0 Å². The monoisotopic (exact) mass is 868 g/mol. The molecule has 0 aromatic heterocycles. The highest BCUT2D eigenvalue weighted by Gasteiger charge is 2.28. The topological polar surface area (TPSA) is 135 Å². The first-order valence-corrected chi connectivity index (χ1v) is 25.1. The Hall–Kier alpha value is -2.69. The Kier molecular flexibility index (Phi) is 40.7. The second-order valence-corrected chi connectivity index (χ2v) is 17.4. The summed E-state index contributed by atoms with van der Waals surface area (Å²) < 4.78 is 27.5. The predicted molar refractivity (Wildman–Crippen MR) is 245 cm³/mol. The Bertz CT molecular complexity index is 1010. The molecule has 0 radical (unpaired) electrons. The van der Waals surface area contributed by atoms with Gasteiger partial charge in [0.05, 0.1) is 38.1 Å². The first-order valence-electron chi connectivity index (χ1n) is 25.1. The van der Waals surface area contributed by atoms with Crippen molar-refractivity contribution in [2.75, 3.05) is 47.1 Å². The molecule has 11 nitrogen and oxygen atoms in total. The Labute approximate surface area is 373 Å². The van der Waals surface area contributed by atoms with Crippen molar-refractivity contribution in [1.29, 1.82) is 0 Å². The molecule has 0 amide bonds. The van der Waals surface area contributed by atoms with Crippen molar-refractivity contribution in [1.82, 2.24) is 4.90 Å². The van der Waals surface area contributed by atoms with Gasteiger partial charge >= 0.3 is 29.8 Å². The lowest BCUT2D eigenvalue weighted by Crippen LogP contribution is -2.33. The lowest BCUT2D eigenvalue weighted by molar-refractivity contribution is -0.172. The molecule has 0 aliphatic carbocycles. The summed E-state index contributed by atoms with van der Waals surface area (Å²) in [6.07, 6.45) is 27.8. The fourth-order valence-corrected chi connectivity index (χ4v) is 7.28. The predicted octanol–water partition coefficient (Wildman–Crippen LogP) is 12.0. The molecule has 358 valence electrons. The maximum atomic E-state index is 13.0. The Balaban J connectivity index is 4.78. The molecule has 0 N–H and O–H groups in total. The fourth-order valence-electron chi connectivity index (χ4n) is 7.28. The van der Waals surface area contributed by atoms with Gasteiger partial charge in [-0.1, -0.05) is 156 Å². The standard InChI is InChI=1S/C50H93NO10/c1-7-11-15-19-21-26-34-43(32-24-17-13-9-3)48(54)58-39-29-23-28-36-46(52)61-45(50(56)60-41-37-51(5)6)42-47(53)57-38-30-31-40-59-49(55)44(33-25-18-14-10-4)35-27-22-20-16-12-8-2/h43-45H,7-42H2,1-6H3/t43?,44?,45-/m0/s1. The molecule has 0 bridgehead atoms. The first kappa shape index (κ1) is 58.3. The number of nitrogens with zero attached hydrogens (tertiary/aromatic N) is 1. The molecule has 0 aliphatic heterocycles. The van der Waals surface area contributed by atoms with Crippen LogP contribution in [0.3, 0.4) is 0 Å². The summed E-state index contributed by atoms with van der Waals surface area (Å²) in [7, 11) is 3.69. The van der Waals surface area contributed by atoms with Crippen LogP contribution in [0.2, 0.25) is 0 Å². The van der Waals surface area contributed by atoms with Crippen LogP contribution in [-0.2, 0) is 47.7 Å². The van der Waals surface area contributed by atoms with Crippen LogP contribution < -0.4 is 0 Å². The van der Waals surface area contributed by atoms with Crippen LogP contribution in [0.25, 0.3) is 0 Å². The van der Waals surface area contributed by atoms with E-state index in [1.165, 1.54) is 64.2 Å². The van der Waals surface area contributed by atoms with E-state index in [0.29, 0.717) is 45.3 Å². The molecule has 3 atom stereocenters. The number of unbranched alkanes of at least 4 members (excludes halogenated alkanes) is 19. The number of hydrogen-bond acceptors (Lipinski definition) is 11. The zero-order valence-electron chi connectivity index (χ0n) is 40.2. The Morgan fingerprint density at radius 2 is 0.754 bits per heavy atom. The largest absolute Gasteiger partial charge is 0.466 e.